The Bertz CT molecular complexity index is 1200. The van der Waals surface area contributed by atoms with Crippen molar-refractivity contribution in [1.82, 2.24) is 19.5 Å². The number of nitrogens with zero attached hydrogens (tertiary/aromatic N) is 4. The number of hydrogen-bond donors (Lipinski definition) is 3. The lowest BCUT2D eigenvalue weighted by atomic mass is 10.0. The zero-order chi connectivity index (χ0) is 21.4. The molecule has 4 aromatic rings. The normalized spacial score (nSPS) is 23.3. The van der Waals surface area contributed by atoms with E-state index in [1.165, 1.54) is 12.7 Å². The van der Waals surface area contributed by atoms with Crippen LogP contribution in [0.1, 0.15) is 6.23 Å². The average molecular weight is 419 g/mol. The molecule has 2 aromatic carbocycles. The van der Waals surface area contributed by atoms with Gasteiger partial charge in [0.05, 0.1) is 6.33 Å². The molecule has 9 heteroatoms. The third kappa shape index (κ3) is 3.48. The van der Waals surface area contributed by atoms with Crippen molar-refractivity contribution in [1.29, 1.82) is 0 Å². The fourth-order valence-electron chi connectivity index (χ4n) is 3.77. The van der Waals surface area contributed by atoms with Gasteiger partial charge in [0.2, 0.25) is 0 Å². The fourth-order valence-corrected chi connectivity index (χ4v) is 3.77. The monoisotopic (exact) mass is 419 g/mol. The number of hydrogen-bond acceptors (Lipinski definition) is 8. The van der Waals surface area contributed by atoms with Gasteiger partial charge < -0.3 is 25.4 Å². The molecular formula is C22H21N5O4. The van der Waals surface area contributed by atoms with Gasteiger partial charge in [0.1, 0.15) is 42.5 Å². The van der Waals surface area contributed by atoms with Crippen molar-refractivity contribution in [3.8, 4) is 16.9 Å². The maximum atomic E-state index is 10.6. The number of aliphatic hydroxyl groups excluding tert-OH is 2. The molecule has 2 unspecified atom stereocenters. The molecule has 1 fully saturated rings. The number of nitrogens with two attached hydrogens (primary N) is 1. The standard InChI is InChI=1S/C22H21N5O4/c23-20-17-21(25-11-24-20)27(12-26-17)22-19(29)18(28)16(31-22)10-30-15-9-5-4-8-14(15)13-6-2-1-3-7-13/h1-9,11-12,16,18-19,22,28-29H,10H2,(H2,23,24,25)/t16-,18?,19?,22-/m1/s1. The summed E-state index contributed by atoms with van der Waals surface area (Å²) in [4.78, 5) is 12.3. The van der Waals surface area contributed by atoms with Crippen LogP contribution >= 0.6 is 0 Å². The molecule has 0 spiro atoms. The third-order valence-electron chi connectivity index (χ3n) is 5.37. The molecule has 1 saturated heterocycles. The van der Waals surface area contributed by atoms with E-state index in [1.54, 1.807) is 4.57 Å². The molecule has 0 bridgehead atoms. The van der Waals surface area contributed by atoms with Crippen LogP contribution in [-0.2, 0) is 4.74 Å². The number of imidazole rings is 1. The Kier molecular flexibility index (Phi) is 4.99. The zero-order valence-electron chi connectivity index (χ0n) is 16.4. The van der Waals surface area contributed by atoms with E-state index in [0.29, 0.717) is 16.9 Å². The lowest BCUT2D eigenvalue weighted by Gasteiger charge is -2.17. The Morgan fingerprint density at radius 2 is 1.74 bits per heavy atom. The van der Waals surface area contributed by atoms with E-state index in [-0.39, 0.29) is 12.4 Å². The highest BCUT2D eigenvalue weighted by molar-refractivity contribution is 5.81. The van der Waals surface area contributed by atoms with E-state index < -0.39 is 24.5 Å². The molecule has 9 nitrogen and oxygen atoms in total. The molecule has 4 N–H and O–H groups in total. The summed E-state index contributed by atoms with van der Waals surface area (Å²) in [5.74, 6) is 0.894. The summed E-state index contributed by atoms with van der Waals surface area (Å²) in [5, 5.41) is 21.2. The van der Waals surface area contributed by atoms with E-state index >= 15 is 0 Å². The van der Waals surface area contributed by atoms with Gasteiger partial charge >= 0.3 is 0 Å². The predicted octanol–water partition coefficient (Wildman–Crippen LogP) is 1.77. The molecule has 4 atom stereocenters. The summed E-state index contributed by atoms with van der Waals surface area (Å²) in [5.41, 5.74) is 8.61. The Balaban J connectivity index is 1.36. The first-order valence-corrected chi connectivity index (χ1v) is 9.85. The number of rotatable bonds is 5. The second kappa shape index (κ2) is 7.95. The van der Waals surface area contributed by atoms with Crippen LogP contribution in [0.3, 0.4) is 0 Å². The molecule has 3 heterocycles. The minimum absolute atomic E-state index is 0.0579. The largest absolute Gasteiger partial charge is 0.490 e. The molecule has 31 heavy (non-hydrogen) atoms. The van der Waals surface area contributed by atoms with Crippen molar-refractivity contribution in [3.63, 3.8) is 0 Å². The maximum Gasteiger partial charge on any atom is 0.167 e. The van der Waals surface area contributed by atoms with Crippen molar-refractivity contribution < 1.29 is 19.7 Å². The Morgan fingerprint density at radius 1 is 0.968 bits per heavy atom. The van der Waals surface area contributed by atoms with Crippen LogP contribution in [0.15, 0.2) is 67.3 Å². The van der Waals surface area contributed by atoms with Crippen LogP contribution < -0.4 is 10.5 Å². The molecule has 1 aliphatic heterocycles. The van der Waals surface area contributed by atoms with Crippen LogP contribution in [0, 0.1) is 0 Å². The second-order valence-corrected chi connectivity index (χ2v) is 7.30. The van der Waals surface area contributed by atoms with Crippen molar-refractivity contribution >= 4 is 17.0 Å². The lowest BCUT2D eigenvalue weighted by Crippen LogP contribution is -2.34. The van der Waals surface area contributed by atoms with Crippen molar-refractivity contribution in [2.45, 2.75) is 24.5 Å². The number of benzene rings is 2. The van der Waals surface area contributed by atoms with Gasteiger partial charge in [0.25, 0.3) is 0 Å². The highest BCUT2D eigenvalue weighted by Gasteiger charge is 2.44. The van der Waals surface area contributed by atoms with E-state index in [2.05, 4.69) is 15.0 Å². The first-order valence-electron chi connectivity index (χ1n) is 9.85. The minimum Gasteiger partial charge on any atom is -0.490 e. The first kappa shape index (κ1) is 19.4. The smallest absolute Gasteiger partial charge is 0.167 e. The molecule has 2 aromatic heterocycles. The van der Waals surface area contributed by atoms with Gasteiger partial charge in [0.15, 0.2) is 17.7 Å². The van der Waals surface area contributed by atoms with E-state index in [1.807, 2.05) is 54.6 Å². The van der Waals surface area contributed by atoms with Crippen LogP contribution in [0.5, 0.6) is 5.75 Å². The quantitative estimate of drug-likeness (QED) is 0.446. The number of aliphatic hydroxyl groups is 2. The average Bonchev–Trinajstić information content (AvgIpc) is 3.35. The van der Waals surface area contributed by atoms with Gasteiger partial charge in [0, 0.05) is 5.56 Å². The topological polar surface area (TPSA) is 129 Å². The second-order valence-electron chi connectivity index (χ2n) is 7.30. The summed E-state index contributed by atoms with van der Waals surface area (Å²) >= 11 is 0. The summed E-state index contributed by atoms with van der Waals surface area (Å²) in [6, 6.07) is 17.5. The fraction of sp³-hybridized carbons (Fsp3) is 0.227. The van der Waals surface area contributed by atoms with Crippen molar-refractivity contribution in [2.24, 2.45) is 0 Å². The molecule has 1 aliphatic rings. The summed E-state index contributed by atoms with van der Waals surface area (Å²) in [6.45, 7) is 0.0579. The van der Waals surface area contributed by atoms with Gasteiger partial charge in [-0.25, -0.2) is 15.0 Å². The summed E-state index contributed by atoms with van der Waals surface area (Å²) in [6.07, 6.45) is -1.19. The number of para-hydroxylation sites is 1. The van der Waals surface area contributed by atoms with Crippen LogP contribution in [0.2, 0.25) is 0 Å². The number of nitrogen functional groups attached to an aromatic ring is 1. The SMILES string of the molecule is Nc1ncnc2c1ncn2[C@@H]1O[C@H](COc2ccccc2-c2ccccc2)C(O)C1O. The number of anilines is 1. The minimum atomic E-state index is -1.19. The highest BCUT2D eigenvalue weighted by Crippen LogP contribution is 2.34. The molecular weight excluding hydrogens is 398 g/mol. The molecule has 0 radical (unpaired) electrons. The van der Waals surface area contributed by atoms with Gasteiger partial charge in [-0.2, -0.15) is 0 Å². The van der Waals surface area contributed by atoms with Crippen LogP contribution in [0.25, 0.3) is 22.3 Å². The highest BCUT2D eigenvalue weighted by atomic mass is 16.6. The van der Waals surface area contributed by atoms with Crippen molar-refractivity contribution in [2.75, 3.05) is 12.3 Å². The zero-order valence-corrected chi connectivity index (χ0v) is 16.4. The molecule has 158 valence electrons. The van der Waals surface area contributed by atoms with Crippen LogP contribution in [0.4, 0.5) is 5.82 Å². The Hall–Kier alpha value is -3.53. The summed E-state index contributed by atoms with van der Waals surface area (Å²) in [7, 11) is 0. The Labute approximate surface area is 177 Å². The van der Waals surface area contributed by atoms with Crippen LogP contribution in [-0.4, -0.2) is 54.7 Å². The first-order chi connectivity index (χ1) is 15.1. The van der Waals surface area contributed by atoms with Gasteiger partial charge in [-0.05, 0) is 11.6 Å². The maximum absolute atomic E-state index is 10.6. The number of aromatic nitrogens is 4. The Morgan fingerprint density at radius 3 is 2.58 bits per heavy atom. The van der Waals surface area contributed by atoms with Gasteiger partial charge in [-0.15, -0.1) is 0 Å². The third-order valence-corrected chi connectivity index (χ3v) is 5.37. The van der Waals surface area contributed by atoms with Crippen molar-refractivity contribution in [3.05, 3.63) is 67.3 Å². The molecule has 0 aliphatic carbocycles. The van der Waals surface area contributed by atoms with Gasteiger partial charge in [-0.1, -0.05) is 48.5 Å². The lowest BCUT2D eigenvalue weighted by molar-refractivity contribution is -0.0473. The summed E-state index contributed by atoms with van der Waals surface area (Å²) < 4.78 is 13.5. The number of ether oxygens (including phenoxy) is 2. The van der Waals surface area contributed by atoms with E-state index in [9.17, 15) is 10.2 Å². The van der Waals surface area contributed by atoms with E-state index in [4.69, 9.17) is 15.2 Å². The van der Waals surface area contributed by atoms with E-state index in [0.717, 1.165) is 11.1 Å². The molecule has 5 rings (SSSR count). The number of fused-ring (bicyclic) bond motifs is 1. The van der Waals surface area contributed by atoms with Gasteiger partial charge in [-0.3, -0.25) is 4.57 Å². The predicted molar refractivity (Wildman–Crippen MR) is 113 cm³/mol. The molecule has 0 amide bonds. The molecule has 0 saturated carbocycles.